The number of carbonyl (C=O) groups excluding carboxylic acids is 2. The van der Waals surface area contributed by atoms with Gasteiger partial charge < -0.3 is 9.84 Å². The summed E-state index contributed by atoms with van der Waals surface area (Å²) in [4.78, 5) is 38.7. The second kappa shape index (κ2) is 18.8. The summed E-state index contributed by atoms with van der Waals surface area (Å²) in [6.45, 7) is 3.03. The van der Waals surface area contributed by atoms with Gasteiger partial charge in [-0.3, -0.25) is 19.3 Å². The first-order chi connectivity index (χ1) is 25.1. The average Bonchev–Trinajstić information content (AvgIpc) is 3.68. The van der Waals surface area contributed by atoms with E-state index in [9.17, 15) is 22.8 Å². The van der Waals surface area contributed by atoms with Gasteiger partial charge in [0.2, 0.25) is 10.0 Å². The summed E-state index contributed by atoms with van der Waals surface area (Å²) in [6, 6.07) is 16.2. The fourth-order valence-electron chi connectivity index (χ4n) is 6.42. The van der Waals surface area contributed by atoms with E-state index >= 15 is 0 Å². The Hall–Kier alpha value is -3.85. The van der Waals surface area contributed by atoms with Crippen LogP contribution < -0.4 is 0 Å². The molecule has 3 heterocycles. The monoisotopic (exact) mass is 766 g/mol. The molecule has 11 nitrogen and oxygen atoms in total. The molecule has 1 aromatic heterocycles. The van der Waals surface area contributed by atoms with E-state index in [4.69, 9.17) is 27.2 Å². The van der Waals surface area contributed by atoms with Gasteiger partial charge in [-0.05, 0) is 62.9 Å². The number of carboxylic acids is 1. The highest BCUT2D eigenvalue weighted by molar-refractivity contribution is 8.26. The Balaban J connectivity index is 1.29. The van der Waals surface area contributed by atoms with E-state index in [1.54, 1.807) is 40.8 Å². The summed E-state index contributed by atoms with van der Waals surface area (Å²) in [7, 11) is -3.85. The number of aromatic nitrogens is 2. The van der Waals surface area contributed by atoms with Gasteiger partial charge in [-0.25, -0.2) is 13.1 Å². The number of esters is 1. The van der Waals surface area contributed by atoms with E-state index in [1.807, 2.05) is 42.6 Å². The summed E-state index contributed by atoms with van der Waals surface area (Å²) in [5.74, 6) is -1.49. The maximum Gasteiger partial charge on any atom is 0.309 e. The van der Waals surface area contributed by atoms with Crippen molar-refractivity contribution in [1.82, 2.24) is 19.0 Å². The Morgan fingerprint density at radius 1 is 0.981 bits per heavy atom. The maximum absolute atomic E-state index is 13.8. The van der Waals surface area contributed by atoms with Crippen LogP contribution in [0.25, 0.3) is 23.0 Å². The van der Waals surface area contributed by atoms with Crippen molar-refractivity contribution in [3.05, 3.63) is 71.3 Å². The quantitative estimate of drug-likeness (QED) is 0.0608. The first-order valence-electron chi connectivity index (χ1n) is 18.0. The van der Waals surface area contributed by atoms with Crippen LogP contribution in [-0.2, 0) is 29.1 Å². The predicted octanol–water partition coefficient (Wildman–Crippen LogP) is 7.30. The number of hydrogen-bond acceptors (Lipinski definition) is 9. The van der Waals surface area contributed by atoms with Gasteiger partial charge in [-0.1, -0.05) is 92.8 Å². The van der Waals surface area contributed by atoms with Crippen LogP contribution in [0, 0.1) is 5.92 Å². The average molecular weight is 767 g/mol. The number of carbonyl (C=O) groups is 3. The topological polar surface area (TPSA) is 139 Å². The molecule has 0 radical (unpaired) electrons. The highest BCUT2D eigenvalue weighted by Crippen LogP contribution is 2.36. The van der Waals surface area contributed by atoms with E-state index in [1.165, 1.54) is 16.1 Å². The van der Waals surface area contributed by atoms with Gasteiger partial charge in [0.05, 0.1) is 28.0 Å². The third kappa shape index (κ3) is 10.2. The summed E-state index contributed by atoms with van der Waals surface area (Å²) in [5, 5.41) is 13.6. The zero-order valence-corrected chi connectivity index (χ0v) is 31.9. The van der Waals surface area contributed by atoms with Crippen LogP contribution in [0.2, 0.25) is 0 Å². The van der Waals surface area contributed by atoms with Crippen molar-refractivity contribution in [2.75, 3.05) is 26.2 Å². The van der Waals surface area contributed by atoms with Gasteiger partial charge in [0.25, 0.3) is 5.91 Å². The fraction of sp³-hybridized carbons (Fsp3) is 0.447. The maximum atomic E-state index is 13.8. The van der Waals surface area contributed by atoms with Gasteiger partial charge in [0.15, 0.2) is 0 Å². The van der Waals surface area contributed by atoms with Crippen LogP contribution in [0.4, 0.5) is 0 Å². The molecule has 14 heteroatoms. The van der Waals surface area contributed by atoms with Gasteiger partial charge >= 0.3 is 11.9 Å². The number of benzene rings is 2. The molecular weight excluding hydrogens is 721 g/mol. The molecule has 2 aliphatic rings. The van der Waals surface area contributed by atoms with Crippen molar-refractivity contribution < 1.29 is 32.6 Å². The van der Waals surface area contributed by atoms with Crippen LogP contribution in [0.1, 0.15) is 83.1 Å². The molecule has 2 aromatic carbocycles. The molecule has 2 saturated heterocycles. The van der Waals surface area contributed by atoms with E-state index in [0.29, 0.717) is 52.0 Å². The molecule has 52 heavy (non-hydrogen) atoms. The molecule has 5 rings (SSSR count). The molecule has 1 N–H and O–H groups in total. The van der Waals surface area contributed by atoms with E-state index < -0.39 is 16.0 Å². The molecule has 278 valence electrons. The van der Waals surface area contributed by atoms with Crippen molar-refractivity contribution in [3.8, 4) is 16.9 Å². The number of nitrogens with zero attached hydrogens (tertiary/aromatic N) is 4. The first-order valence-corrected chi connectivity index (χ1v) is 20.6. The first kappa shape index (κ1) is 39.4. The number of thiocarbonyl (C=S) groups is 1. The van der Waals surface area contributed by atoms with Crippen LogP contribution in [0.15, 0.2) is 70.6 Å². The summed E-state index contributed by atoms with van der Waals surface area (Å²) >= 11 is 6.87. The highest BCUT2D eigenvalue weighted by Gasteiger charge is 2.34. The number of aliphatic carboxylic acids is 1. The molecule has 0 aliphatic carbocycles. The lowest BCUT2D eigenvalue weighted by molar-refractivity contribution is -0.149. The van der Waals surface area contributed by atoms with E-state index in [0.717, 1.165) is 57.1 Å². The summed E-state index contributed by atoms with van der Waals surface area (Å²) in [6.07, 6.45) is 12.4. The van der Waals surface area contributed by atoms with Crippen molar-refractivity contribution in [2.45, 2.75) is 82.4 Å². The summed E-state index contributed by atoms with van der Waals surface area (Å²) < 4.78 is 36.4. The van der Waals surface area contributed by atoms with Gasteiger partial charge in [-0.15, -0.1) is 0 Å². The molecule has 0 saturated carbocycles. The lowest BCUT2D eigenvalue weighted by Crippen LogP contribution is -2.40. The van der Waals surface area contributed by atoms with Gasteiger partial charge in [0, 0.05) is 43.4 Å². The number of sulfonamides is 1. The highest BCUT2D eigenvalue weighted by atomic mass is 32.2. The fourth-order valence-corrected chi connectivity index (χ4v) is 9.23. The van der Waals surface area contributed by atoms with Gasteiger partial charge in [-0.2, -0.15) is 9.40 Å². The van der Waals surface area contributed by atoms with Crippen LogP contribution in [0.5, 0.6) is 0 Å². The third-order valence-electron chi connectivity index (χ3n) is 9.26. The molecule has 1 amide bonds. The number of thioether (sulfide) groups is 1. The lowest BCUT2D eigenvalue weighted by Gasteiger charge is -2.30. The number of carboxylic acid groups (broad SMARTS) is 1. The lowest BCUT2D eigenvalue weighted by atomic mass is 9.98. The SMILES string of the molecule is CCOC(=O)C1CCN(S(=O)(=O)c2cccc(-c3nn(-c4ccccc4)cc3C=C3SC(=S)N(CCCCCCCCCCC(=O)O)C3=O)c2)CC1. The molecule has 0 atom stereocenters. The van der Waals surface area contributed by atoms with Crippen LogP contribution in [0.3, 0.4) is 0 Å². The molecule has 0 spiro atoms. The Labute approximate surface area is 315 Å². The molecular formula is C38H46N4O7S3. The number of piperidine rings is 1. The Kier molecular flexibility index (Phi) is 14.2. The zero-order valence-electron chi connectivity index (χ0n) is 29.4. The number of rotatable bonds is 18. The predicted molar refractivity (Wildman–Crippen MR) is 206 cm³/mol. The minimum Gasteiger partial charge on any atom is -0.481 e. The normalized spacial score (nSPS) is 16.6. The van der Waals surface area contributed by atoms with E-state index in [-0.39, 0.29) is 42.2 Å². The van der Waals surface area contributed by atoms with Gasteiger partial charge in [0.1, 0.15) is 10.0 Å². The second-order valence-corrected chi connectivity index (χ2v) is 16.6. The number of hydrogen-bond donors (Lipinski definition) is 1. The number of ether oxygens (including phenoxy) is 1. The van der Waals surface area contributed by atoms with Crippen molar-refractivity contribution in [2.24, 2.45) is 5.92 Å². The van der Waals surface area contributed by atoms with E-state index in [2.05, 4.69) is 0 Å². The molecule has 2 aliphatic heterocycles. The smallest absolute Gasteiger partial charge is 0.309 e. The van der Waals surface area contributed by atoms with Crippen LogP contribution in [-0.4, -0.2) is 80.9 Å². The summed E-state index contributed by atoms with van der Waals surface area (Å²) in [5.41, 5.74) is 2.57. The second-order valence-electron chi connectivity index (χ2n) is 13.0. The number of amides is 1. The number of para-hydroxylation sites is 1. The third-order valence-corrected chi connectivity index (χ3v) is 12.5. The van der Waals surface area contributed by atoms with Crippen molar-refractivity contribution >= 4 is 62.2 Å². The molecule has 2 fully saturated rings. The Morgan fingerprint density at radius 3 is 2.33 bits per heavy atom. The largest absolute Gasteiger partial charge is 0.481 e. The zero-order chi connectivity index (χ0) is 37.1. The Morgan fingerprint density at radius 2 is 1.65 bits per heavy atom. The van der Waals surface area contributed by atoms with Crippen molar-refractivity contribution in [1.29, 1.82) is 0 Å². The number of unbranched alkanes of at least 4 members (excludes halogenated alkanes) is 7. The molecule has 0 bridgehead atoms. The molecule has 0 unspecified atom stereocenters. The molecule has 3 aromatic rings. The van der Waals surface area contributed by atoms with Crippen LogP contribution >= 0.6 is 24.0 Å². The van der Waals surface area contributed by atoms with Crippen molar-refractivity contribution in [3.63, 3.8) is 0 Å². The minimum atomic E-state index is -3.85. The minimum absolute atomic E-state index is 0.129. The standard InChI is InChI=1S/C38H46N4O7S3/c1-2-49-37(46)28-20-23-40(24-21-28)52(47,48)32-18-14-15-29(25-32)35-30(27-42(39-35)31-16-10-9-11-17-31)26-33-36(45)41(38(50)51-33)22-13-8-6-4-3-5-7-12-19-34(43)44/h9-11,14-18,25-28H,2-8,12-13,19-24H2,1H3,(H,43,44). The Bertz CT molecular complexity index is 1870.